The lowest BCUT2D eigenvalue weighted by molar-refractivity contribution is -0.117. The maximum Gasteiger partial charge on any atom is 0.296 e. The molecule has 0 spiro atoms. The number of thiazole rings is 1. The number of halogens is 1. The van der Waals surface area contributed by atoms with Crippen molar-refractivity contribution in [2.75, 3.05) is 12.0 Å². The molecule has 1 unspecified atom stereocenters. The van der Waals surface area contributed by atoms with Crippen LogP contribution in [0.1, 0.15) is 22.0 Å². The van der Waals surface area contributed by atoms with Gasteiger partial charge in [-0.1, -0.05) is 23.5 Å². The molecule has 2 aromatic carbocycles. The summed E-state index contributed by atoms with van der Waals surface area (Å²) in [6.45, 7) is 0. The van der Waals surface area contributed by atoms with E-state index in [1.807, 2.05) is 0 Å². The highest BCUT2D eigenvalue weighted by molar-refractivity contribution is 7.22. The van der Waals surface area contributed by atoms with Gasteiger partial charge < -0.3 is 9.84 Å². The van der Waals surface area contributed by atoms with Crippen LogP contribution in [0.2, 0.25) is 0 Å². The third kappa shape index (κ3) is 3.52. The van der Waals surface area contributed by atoms with Crippen LogP contribution in [0.5, 0.6) is 5.75 Å². The van der Waals surface area contributed by atoms with Crippen LogP contribution in [0.15, 0.2) is 78.3 Å². The largest absolute Gasteiger partial charge is 0.503 e. The van der Waals surface area contributed by atoms with Crippen LogP contribution in [-0.4, -0.2) is 33.9 Å². The van der Waals surface area contributed by atoms with Crippen molar-refractivity contribution >= 4 is 38.4 Å². The number of aliphatic hydroxyl groups is 1. The van der Waals surface area contributed by atoms with Gasteiger partial charge in [0, 0.05) is 18.0 Å². The molecule has 33 heavy (non-hydrogen) atoms. The average Bonchev–Trinajstić information content (AvgIpc) is 3.37. The van der Waals surface area contributed by atoms with E-state index < -0.39 is 29.3 Å². The third-order valence-electron chi connectivity index (χ3n) is 5.35. The molecule has 164 valence electrons. The van der Waals surface area contributed by atoms with E-state index >= 15 is 0 Å². The summed E-state index contributed by atoms with van der Waals surface area (Å²) in [7, 11) is 1.55. The summed E-state index contributed by atoms with van der Waals surface area (Å²) in [5, 5.41) is 11.1. The van der Waals surface area contributed by atoms with Crippen molar-refractivity contribution in [3.63, 3.8) is 0 Å². The van der Waals surface area contributed by atoms with E-state index in [4.69, 9.17) is 4.74 Å². The lowest BCUT2D eigenvalue weighted by Gasteiger charge is -2.24. The molecule has 0 bridgehead atoms. The maximum absolute atomic E-state index is 13.6. The molecule has 7 nitrogen and oxygen atoms in total. The average molecular weight is 461 g/mol. The van der Waals surface area contributed by atoms with Crippen LogP contribution in [0.3, 0.4) is 0 Å². The van der Waals surface area contributed by atoms with E-state index in [0.717, 1.165) is 4.70 Å². The predicted octanol–water partition coefficient (Wildman–Crippen LogP) is 4.62. The Bertz CT molecular complexity index is 1420. The smallest absolute Gasteiger partial charge is 0.296 e. The highest BCUT2D eigenvalue weighted by Gasteiger charge is 2.46. The third-order valence-corrected chi connectivity index (χ3v) is 6.37. The lowest BCUT2D eigenvalue weighted by Crippen LogP contribution is -2.31. The molecule has 0 fully saturated rings. The summed E-state index contributed by atoms with van der Waals surface area (Å²) in [4.78, 5) is 36.3. The zero-order chi connectivity index (χ0) is 23.1. The van der Waals surface area contributed by atoms with Crippen molar-refractivity contribution < 1.29 is 23.8 Å². The van der Waals surface area contributed by atoms with Crippen molar-refractivity contribution in [1.29, 1.82) is 0 Å². The highest BCUT2D eigenvalue weighted by Crippen LogP contribution is 2.44. The summed E-state index contributed by atoms with van der Waals surface area (Å²) in [5.74, 6) is -1.81. The Labute approximate surface area is 191 Å². The monoisotopic (exact) mass is 461 g/mol. The summed E-state index contributed by atoms with van der Waals surface area (Å²) < 4.78 is 19.7. The minimum absolute atomic E-state index is 0.114. The number of methoxy groups -OCH3 is 1. The molecular weight excluding hydrogens is 445 g/mol. The first kappa shape index (κ1) is 20.8. The molecule has 2 aromatic heterocycles. The van der Waals surface area contributed by atoms with Gasteiger partial charge >= 0.3 is 0 Å². The first-order valence-electron chi connectivity index (χ1n) is 9.89. The zero-order valence-electron chi connectivity index (χ0n) is 17.2. The Hall–Kier alpha value is -4.11. The van der Waals surface area contributed by atoms with E-state index in [-0.39, 0.29) is 16.3 Å². The fourth-order valence-electron chi connectivity index (χ4n) is 3.77. The zero-order valence-corrected chi connectivity index (χ0v) is 18.0. The molecule has 1 atom stereocenters. The fraction of sp³-hybridized carbons (Fsp3) is 0.0833. The summed E-state index contributed by atoms with van der Waals surface area (Å²) in [5.41, 5.74) is 1.19. The van der Waals surface area contributed by atoms with E-state index in [0.29, 0.717) is 16.8 Å². The summed E-state index contributed by atoms with van der Waals surface area (Å²) in [6, 6.07) is 12.9. The predicted molar refractivity (Wildman–Crippen MR) is 121 cm³/mol. The molecule has 1 aliphatic heterocycles. The van der Waals surface area contributed by atoms with Crippen molar-refractivity contribution in [2.24, 2.45) is 0 Å². The molecule has 0 saturated carbocycles. The molecule has 3 heterocycles. The number of rotatable bonds is 5. The van der Waals surface area contributed by atoms with Crippen molar-refractivity contribution in [3.05, 3.63) is 95.3 Å². The van der Waals surface area contributed by atoms with Gasteiger partial charge in [0.15, 0.2) is 16.7 Å². The number of pyridine rings is 1. The topological polar surface area (TPSA) is 92.6 Å². The minimum Gasteiger partial charge on any atom is -0.503 e. The summed E-state index contributed by atoms with van der Waals surface area (Å²) in [6.07, 6.45) is 2.88. The van der Waals surface area contributed by atoms with Crippen LogP contribution in [0.25, 0.3) is 10.2 Å². The number of hydrogen-bond acceptors (Lipinski definition) is 7. The molecule has 1 aliphatic rings. The van der Waals surface area contributed by atoms with Gasteiger partial charge in [0.2, 0.25) is 0 Å². The normalized spacial score (nSPS) is 16.0. The Balaban J connectivity index is 1.67. The number of Topliss-reactive ketones (excluding diaryl/α,β-unsaturated/α-hetero) is 1. The van der Waals surface area contributed by atoms with Crippen molar-refractivity contribution in [1.82, 2.24) is 9.97 Å². The lowest BCUT2D eigenvalue weighted by atomic mass is 9.93. The van der Waals surface area contributed by atoms with Gasteiger partial charge in [-0.15, -0.1) is 0 Å². The molecule has 0 aliphatic carbocycles. The Morgan fingerprint density at radius 3 is 2.67 bits per heavy atom. The minimum atomic E-state index is -0.992. The van der Waals surface area contributed by atoms with Gasteiger partial charge in [0.25, 0.3) is 5.91 Å². The standard InChI is InChI=1S/C24H16FN3O4S/c1-32-16-8-9-17-18(11-16)33-24(27-17)28-20(13-4-6-15(25)7-5-13)19(22(30)23(28)31)21(29)14-3-2-10-26-12-14/h2-12,20,30H,1H3. The second kappa shape index (κ2) is 8.10. The second-order valence-electron chi connectivity index (χ2n) is 7.29. The van der Waals surface area contributed by atoms with Crippen LogP contribution in [-0.2, 0) is 4.79 Å². The van der Waals surface area contributed by atoms with Crippen molar-refractivity contribution in [3.8, 4) is 5.75 Å². The van der Waals surface area contributed by atoms with Crippen LogP contribution >= 0.6 is 11.3 Å². The SMILES string of the molecule is COc1ccc2nc(N3C(=O)C(O)=C(C(=O)c4cccnc4)C3c3ccc(F)cc3)sc2c1. The van der Waals surface area contributed by atoms with Crippen molar-refractivity contribution in [2.45, 2.75) is 6.04 Å². The molecule has 9 heteroatoms. The van der Waals surface area contributed by atoms with Gasteiger partial charge in [-0.3, -0.25) is 19.5 Å². The van der Waals surface area contributed by atoms with Gasteiger partial charge in [0.1, 0.15) is 11.6 Å². The Morgan fingerprint density at radius 2 is 1.97 bits per heavy atom. The van der Waals surface area contributed by atoms with Gasteiger partial charge in [-0.05, 0) is 48.0 Å². The molecule has 0 saturated heterocycles. The number of fused-ring (bicyclic) bond motifs is 1. The molecule has 0 radical (unpaired) electrons. The Morgan fingerprint density at radius 1 is 1.18 bits per heavy atom. The summed E-state index contributed by atoms with van der Waals surface area (Å²) >= 11 is 1.22. The van der Waals surface area contributed by atoms with E-state index in [9.17, 15) is 19.1 Å². The maximum atomic E-state index is 13.6. The van der Waals surface area contributed by atoms with E-state index in [1.165, 1.54) is 52.9 Å². The van der Waals surface area contributed by atoms with Crippen LogP contribution < -0.4 is 9.64 Å². The number of nitrogens with zero attached hydrogens (tertiary/aromatic N) is 3. The van der Waals surface area contributed by atoms with E-state index in [1.54, 1.807) is 37.4 Å². The number of benzene rings is 2. The first-order valence-corrected chi connectivity index (χ1v) is 10.7. The number of hydrogen-bond donors (Lipinski definition) is 1. The molecule has 4 aromatic rings. The van der Waals surface area contributed by atoms with Gasteiger partial charge in [-0.25, -0.2) is 9.37 Å². The number of aromatic nitrogens is 2. The molecular formula is C24H16FN3O4S. The number of amides is 1. The quantitative estimate of drug-likeness (QED) is 0.436. The number of aliphatic hydroxyl groups excluding tert-OH is 1. The second-order valence-corrected chi connectivity index (χ2v) is 8.30. The van der Waals surface area contributed by atoms with Crippen LogP contribution in [0, 0.1) is 5.82 Å². The number of ether oxygens (including phenoxy) is 1. The molecule has 1 N–H and O–H groups in total. The Kier molecular flexibility index (Phi) is 5.10. The number of ketones is 1. The molecule has 1 amide bonds. The number of anilines is 1. The molecule has 5 rings (SSSR count). The van der Waals surface area contributed by atoms with Gasteiger partial charge in [0.05, 0.1) is 28.9 Å². The highest BCUT2D eigenvalue weighted by atomic mass is 32.1. The number of carbonyl (C=O) groups is 2. The number of carbonyl (C=O) groups excluding carboxylic acids is 2. The van der Waals surface area contributed by atoms with Crippen LogP contribution in [0.4, 0.5) is 9.52 Å². The first-order chi connectivity index (χ1) is 16.0. The van der Waals surface area contributed by atoms with E-state index in [2.05, 4.69) is 9.97 Å². The fourth-order valence-corrected chi connectivity index (χ4v) is 4.79. The van der Waals surface area contributed by atoms with Gasteiger partial charge in [-0.2, -0.15) is 0 Å².